The van der Waals surface area contributed by atoms with Crippen molar-refractivity contribution < 1.29 is 9.53 Å². The summed E-state index contributed by atoms with van der Waals surface area (Å²) < 4.78 is 5.13. The Hall–Kier alpha value is -2.15. The maximum absolute atomic E-state index is 11.4. The van der Waals surface area contributed by atoms with Gasteiger partial charge in [-0.3, -0.25) is 0 Å². The van der Waals surface area contributed by atoms with Crippen LogP contribution in [0.2, 0.25) is 0 Å². The van der Waals surface area contributed by atoms with Crippen LogP contribution < -0.4 is 11.1 Å². The molecule has 0 saturated carbocycles. The maximum Gasteiger partial charge on any atom is 0.407 e. The van der Waals surface area contributed by atoms with Crippen LogP contribution in [0.4, 0.5) is 10.5 Å². The Balaban J connectivity index is 2.50. The molecular formula is C17H24N2O2. The largest absolute Gasteiger partial charge is 0.444 e. The van der Waals surface area contributed by atoms with E-state index in [-0.39, 0.29) is 0 Å². The lowest BCUT2D eigenvalue weighted by Crippen LogP contribution is -2.32. The molecule has 0 aliphatic rings. The van der Waals surface area contributed by atoms with Gasteiger partial charge in [0.25, 0.3) is 0 Å². The van der Waals surface area contributed by atoms with Crippen molar-refractivity contribution in [2.75, 3.05) is 12.3 Å². The number of ether oxygens (including phenoxy) is 1. The number of nitrogen functional groups attached to an aromatic ring is 1. The molecule has 3 N–H and O–H groups in total. The number of anilines is 1. The van der Waals surface area contributed by atoms with Gasteiger partial charge in [-0.1, -0.05) is 17.9 Å². The summed E-state index contributed by atoms with van der Waals surface area (Å²) in [6, 6.07) is 4.00. The fraction of sp³-hybridized carbons (Fsp3) is 0.471. The van der Waals surface area contributed by atoms with E-state index in [1.165, 1.54) is 0 Å². The van der Waals surface area contributed by atoms with Gasteiger partial charge >= 0.3 is 6.09 Å². The molecular weight excluding hydrogens is 264 g/mol. The highest BCUT2D eigenvalue weighted by Crippen LogP contribution is 2.18. The van der Waals surface area contributed by atoms with Gasteiger partial charge in [0.2, 0.25) is 0 Å². The first-order valence-corrected chi connectivity index (χ1v) is 7.01. The molecule has 0 aliphatic heterocycles. The summed E-state index contributed by atoms with van der Waals surface area (Å²) in [5.74, 6) is 6.06. The topological polar surface area (TPSA) is 64.3 Å². The molecule has 4 heteroatoms. The second-order valence-electron chi connectivity index (χ2n) is 6.02. The SMILES string of the molecule is Cc1cc(C)c(N)c(C#CCCNC(=O)OC(C)(C)C)c1. The van der Waals surface area contributed by atoms with Gasteiger partial charge in [0.05, 0.1) is 5.69 Å². The number of rotatable bonds is 2. The van der Waals surface area contributed by atoms with Crippen molar-refractivity contribution in [3.05, 3.63) is 28.8 Å². The first kappa shape index (κ1) is 16.9. The minimum Gasteiger partial charge on any atom is -0.444 e. The molecule has 0 unspecified atom stereocenters. The molecule has 0 aliphatic carbocycles. The van der Waals surface area contributed by atoms with Crippen molar-refractivity contribution in [1.82, 2.24) is 5.32 Å². The van der Waals surface area contributed by atoms with Crippen LogP contribution in [-0.4, -0.2) is 18.2 Å². The summed E-state index contributed by atoms with van der Waals surface area (Å²) in [4.78, 5) is 11.4. The van der Waals surface area contributed by atoms with Crippen LogP contribution in [0, 0.1) is 25.7 Å². The van der Waals surface area contributed by atoms with Crippen LogP contribution in [0.5, 0.6) is 0 Å². The van der Waals surface area contributed by atoms with Crippen molar-refractivity contribution in [3.8, 4) is 11.8 Å². The van der Waals surface area contributed by atoms with Crippen LogP contribution in [0.3, 0.4) is 0 Å². The van der Waals surface area contributed by atoms with E-state index in [4.69, 9.17) is 10.5 Å². The van der Waals surface area contributed by atoms with Crippen molar-refractivity contribution >= 4 is 11.8 Å². The molecule has 1 rings (SSSR count). The summed E-state index contributed by atoms with van der Waals surface area (Å²) in [5.41, 5.74) is 9.23. The van der Waals surface area contributed by atoms with E-state index in [0.29, 0.717) is 18.7 Å². The van der Waals surface area contributed by atoms with Crippen molar-refractivity contribution in [3.63, 3.8) is 0 Å². The average Bonchev–Trinajstić information content (AvgIpc) is 2.32. The van der Waals surface area contributed by atoms with E-state index >= 15 is 0 Å². The summed E-state index contributed by atoms with van der Waals surface area (Å²) in [6.45, 7) is 9.92. The van der Waals surface area contributed by atoms with E-state index in [9.17, 15) is 4.79 Å². The number of amides is 1. The lowest BCUT2D eigenvalue weighted by atomic mass is 10.0. The van der Waals surface area contributed by atoms with Crippen LogP contribution >= 0.6 is 0 Å². The molecule has 1 amide bonds. The highest BCUT2D eigenvalue weighted by atomic mass is 16.6. The van der Waals surface area contributed by atoms with Crippen molar-refractivity contribution in [2.45, 2.75) is 46.6 Å². The molecule has 21 heavy (non-hydrogen) atoms. The standard InChI is InChI=1S/C17H24N2O2/c1-12-10-13(2)15(18)14(11-12)8-6-7-9-19-16(20)21-17(3,4)5/h10-11H,7,9,18H2,1-5H3,(H,19,20). The fourth-order valence-electron chi connectivity index (χ4n) is 1.78. The van der Waals surface area contributed by atoms with E-state index in [2.05, 4.69) is 17.2 Å². The van der Waals surface area contributed by atoms with Crippen molar-refractivity contribution in [2.24, 2.45) is 0 Å². The molecule has 0 saturated heterocycles. The third kappa shape index (κ3) is 6.22. The number of nitrogens with two attached hydrogens (primary N) is 1. The Morgan fingerprint density at radius 2 is 2.00 bits per heavy atom. The average molecular weight is 288 g/mol. The predicted molar refractivity (Wildman–Crippen MR) is 86.1 cm³/mol. The van der Waals surface area contributed by atoms with Gasteiger partial charge in [-0.25, -0.2) is 4.79 Å². The number of alkyl carbamates (subject to hydrolysis) is 1. The van der Waals surface area contributed by atoms with Crippen molar-refractivity contribution in [1.29, 1.82) is 0 Å². The number of benzene rings is 1. The highest BCUT2D eigenvalue weighted by molar-refractivity contribution is 5.67. The Morgan fingerprint density at radius 1 is 1.33 bits per heavy atom. The normalized spacial score (nSPS) is 10.5. The lowest BCUT2D eigenvalue weighted by Gasteiger charge is -2.19. The number of carbonyl (C=O) groups is 1. The van der Waals surface area contributed by atoms with Gasteiger partial charge in [0.15, 0.2) is 0 Å². The molecule has 0 atom stereocenters. The molecule has 0 bridgehead atoms. The molecule has 0 heterocycles. The third-order valence-corrected chi connectivity index (χ3v) is 2.67. The summed E-state index contributed by atoms with van der Waals surface area (Å²) in [5, 5.41) is 2.67. The number of hydrogen-bond acceptors (Lipinski definition) is 3. The predicted octanol–water partition coefficient (Wildman–Crippen LogP) is 3.15. The van der Waals surface area contributed by atoms with Gasteiger partial charge in [-0.2, -0.15) is 0 Å². The van der Waals surface area contributed by atoms with E-state index < -0.39 is 11.7 Å². The molecule has 0 spiro atoms. The van der Waals surface area contributed by atoms with Crippen LogP contribution in [0.15, 0.2) is 12.1 Å². The van der Waals surface area contributed by atoms with E-state index in [1.807, 2.05) is 46.8 Å². The van der Waals surface area contributed by atoms with E-state index in [1.54, 1.807) is 0 Å². The Kier molecular flexibility index (Phi) is 5.66. The van der Waals surface area contributed by atoms with Crippen LogP contribution in [0.1, 0.15) is 43.9 Å². The highest BCUT2D eigenvalue weighted by Gasteiger charge is 2.15. The van der Waals surface area contributed by atoms with Gasteiger partial charge < -0.3 is 15.8 Å². The van der Waals surface area contributed by atoms with E-state index in [0.717, 1.165) is 16.7 Å². The Morgan fingerprint density at radius 3 is 2.62 bits per heavy atom. The molecule has 1 aromatic rings. The Labute approximate surface area is 127 Å². The summed E-state index contributed by atoms with van der Waals surface area (Å²) >= 11 is 0. The first-order valence-electron chi connectivity index (χ1n) is 7.01. The lowest BCUT2D eigenvalue weighted by molar-refractivity contribution is 0.0529. The van der Waals surface area contributed by atoms with Gasteiger partial charge in [0.1, 0.15) is 5.60 Å². The van der Waals surface area contributed by atoms with Gasteiger partial charge in [-0.05, 0) is 51.8 Å². The third-order valence-electron chi connectivity index (χ3n) is 2.67. The number of aryl methyl sites for hydroxylation is 2. The fourth-order valence-corrected chi connectivity index (χ4v) is 1.78. The number of nitrogens with one attached hydrogen (secondary N) is 1. The minimum atomic E-state index is -0.483. The summed E-state index contributed by atoms with van der Waals surface area (Å²) in [7, 11) is 0. The molecule has 0 radical (unpaired) electrons. The Bertz CT molecular complexity index is 575. The monoisotopic (exact) mass is 288 g/mol. The molecule has 0 fully saturated rings. The summed E-state index contributed by atoms with van der Waals surface area (Å²) in [6.07, 6.45) is 0.126. The van der Waals surface area contributed by atoms with Gasteiger partial charge in [-0.15, -0.1) is 0 Å². The van der Waals surface area contributed by atoms with Crippen LogP contribution in [0.25, 0.3) is 0 Å². The smallest absolute Gasteiger partial charge is 0.407 e. The zero-order chi connectivity index (χ0) is 16.0. The quantitative estimate of drug-likeness (QED) is 0.499. The second kappa shape index (κ2) is 7.03. The first-order chi connectivity index (χ1) is 9.69. The minimum absolute atomic E-state index is 0.421. The zero-order valence-electron chi connectivity index (χ0n) is 13.5. The number of carbonyl (C=O) groups excluding carboxylic acids is 1. The molecule has 0 aromatic heterocycles. The molecule has 4 nitrogen and oxygen atoms in total. The molecule has 114 valence electrons. The van der Waals surface area contributed by atoms with Gasteiger partial charge in [0, 0.05) is 18.5 Å². The zero-order valence-corrected chi connectivity index (χ0v) is 13.5. The second-order valence-corrected chi connectivity index (χ2v) is 6.02. The maximum atomic E-state index is 11.4. The molecule has 1 aromatic carbocycles. The number of hydrogen-bond donors (Lipinski definition) is 2. The van der Waals surface area contributed by atoms with Crippen LogP contribution in [-0.2, 0) is 4.74 Å².